The summed E-state index contributed by atoms with van der Waals surface area (Å²) < 4.78 is 4.16. The van der Waals surface area contributed by atoms with Crippen molar-refractivity contribution in [2.75, 3.05) is 0 Å². The summed E-state index contributed by atoms with van der Waals surface area (Å²) in [5, 5.41) is 1.14. The highest BCUT2D eigenvalue weighted by Crippen LogP contribution is 2.37. The van der Waals surface area contributed by atoms with Crippen LogP contribution in [0.25, 0.3) is 0 Å². The molecule has 0 aromatic rings. The predicted molar refractivity (Wildman–Crippen MR) is 96.3 cm³/mol. The van der Waals surface area contributed by atoms with Crippen molar-refractivity contribution in [1.29, 1.82) is 0 Å². The van der Waals surface area contributed by atoms with Crippen LogP contribution in [0, 0.1) is 0 Å². The Labute approximate surface area is 126 Å². The third-order valence-electron chi connectivity index (χ3n) is 5.19. The Kier molecular flexibility index (Phi) is 8.81. The summed E-state index contributed by atoms with van der Waals surface area (Å²) in [6.07, 6.45) is 8.25. The number of unbranched alkanes of at least 4 members (excludes halogenated alkanes) is 2. The van der Waals surface area contributed by atoms with Gasteiger partial charge in [-0.2, -0.15) is 0 Å². The second-order valence-electron chi connectivity index (χ2n) is 7.79. The standard InChI is InChI=1S/C16H39NSi2/c1-9-11-13-15(3,4)18(7)17-19(8)16(5,6)14-12-10-2/h17-19H,9-14H2,1-8H3. The number of nitrogens with one attached hydrogen (secondary N) is 1. The molecule has 0 spiro atoms. The van der Waals surface area contributed by atoms with Gasteiger partial charge in [-0.25, -0.2) is 0 Å². The minimum absolute atomic E-state index is 0.568. The largest absolute Gasteiger partial charge is 0.364 e. The van der Waals surface area contributed by atoms with Crippen LogP contribution in [0.15, 0.2) is 0 Å². The van der Waals surface area contributed by atoms with E-state index in [2.05, 4.69) is 59.3 Å². The van der Waals surface area contributed by atoms with E-state index in [0.29, 0.717) is 10.1 Å². The van der Waals surface area contributed by atoms with Crippen molar-refractivity contribution in [3.63, 3.8) is 0 Å². The number of hydrogen-bond donors (Lipinski definition) is 1. The van der Waals surface area contributed by atoms with E-state index in [9.17, 15) is 0 Å². The summed E-state index contributed by atoms with van der Waals surface area (Å²) in [6.45, 7) is 19.7. The van der Waals surface area contributed by atoms with Gasteiger partial charge in [-0.15, -0.1) is 0 Å². The molecule has 0 aliphatic rings. The highest BCUT2D eigenvalue weighted by Gasteiger charge is 2.33. The maximum absolute atomic E-state index is 4.16. The Balaban J connectivity index is 4.40. The second kappa shape index (κ2) is 8.63. The summed E-state index contributed by atoms with van der Waals surface area (Å²) >= 11 is 0. The Hall–Kier alpha value is 0.394. The first-order valence-electron chi connectivity index (χ1n) is 8.43. The zero-order valence-electron chi connectivity index (χ0n) is 14.9. The van der Waals surface area contributed by atoms with Crippen LogP contribution < -0.4 is 4.65 Å². The molecule has 0 heterocycles. The van der Waals surface area contributed by atoms with Crippen LogP contribution in [0.2, 0.25) is 23.2 Å². The molecule has 2 atom stereocenters. The molecule has 0 bridgehead atoms. The van der Waals surface area contributed by atoms with Crippen LogP contribution in [0.1, 0.15) is 80.1 Å². The Morgan fingerprint density at radius 2 is 1.05 bits per heavy atom. The van der Waals surface area contributed by atoms with Gasteiger partial charge in [0.15, 0.2) is 0 Å². The molecule has 3 heteroatoms. The lowest BCUT2D eigenvalue weighted by atomic mass is 10.1. The topological polar surface area (TPSA) is 12.0 Å². The molecule has 19 heavy (non-hydrogen) atoms. The quantitative estimate of drug-likeness (QED) is 0.545. The van der Waals surface area contributed by atoms with Crippen LogP contribution >= 0.6 is 0 Å². The fraction of sp³-hybridized carbons (Fsp3) is 1.00. The van der Waals surface area contributed by atoms with Crippen LogP contribution in [-0.4, -0.2) is 17.9 Å². The van der Waals surface area contributed by atoms with Crippen molar-refractivity contribution in [1.82, 2.24) is 4.65 Å². The smallest absolute Gasteiger partial charge is 0.104 e. The predicted octanol–water partition coefficient (Wildman–Crippen LogP) is 5.22. The van der Waals surface area contributed by atoms with Gasteiger partial charge >= 0.3 is 0 Å². The van der Waals surface area contributed by atoms with Crippen molar-refractivity contribution in [2.24, 2.45) is 0 Å². The minimum Gasteiger partial charge on any atom is -0.364 e. The van der Waals surface area contributed by atoms with Crippen LogP contribution in [0.3, 0.4) is 0 Å². The summed E-state index contributed by atoms with van der Waals surface area (Å²) in [4.78, 5) is 0. The molecule has 2 unspecified atom stereocenters. The fourth-order valence-corrected chi connectivity index (χ4v) is 10.4. The number of hydrogen-bond acceptors (Lipinski definition) is 1. The van der Waals surface area contributed by atoms with Gasteiger partial charge in [-0.3, -0.25) is 0 Å². The first-order chi connectivity index (χ1) is 8.67. The first-order valence-corrected chi connectivity index (χ1v) is 13.0. The van der Waals surface area contributed by atoms with E-state index >= 15 is 0 Å². The van der Waals surface area contributed by atoms with E-state index in [1.54, 1.807) is 0 Å². The Bertz CT molecular complexity index is 215. The SMILES string of the molecule is CCCCC(C)(C)[SiH](C)N[SiH](C)C(C)(C)CCCC. The maximum Gasteiger partial charge on any atom is 0.104 e. The van der Waals surface area contributed by atoms with Crippen LogP contribution in [0.4, 0.5) is 0 Å². The molecule has 0 aliphatic heterocycles. The van der Waals surface area contributed by atoms with Crippen molar-refractivity contribution >= 4 is 17.9 Å². The maximum atomic E-state index is 4.16. The van der Waals surface area contributed by atoms with E-state index in [1.165, 1.54) is 38.5 Å². The lowest BCUT2D eigenvalue weighted by molar-refractivity contribution is 0.542. The molecule has 0 fully saturated rings. The zero-order valence-corrected chi connectivity index (χ0v) is 17.2. The molecular weight excluding hydrogens is 262 g/mol. The van der Waals surface area contributed by atoms with Gasteiger partial charge in [0.2, 0.25) is 0 Å². The lowest BCUT2D eigenvalue weighted by Gasteiger charge is -2.38. The number of rotatable bonds is 10. The highest BCUT2D eigenvalue weighted by molar-refractivity contribution is 6.74. The molecule has 0 saturated heterocycles. The zero-order chi connectivity index (χ0) is 15.1. The van der Waals surface area contributed by atoms with Crippen LogP contribution in [0.5, 0.6) is 0 Å². The molecule has 1 N–H and O–H groups in total. The molecule has 0 rings (SSSR count). The van der Waals surface area contributed by atoms with Crippen molar-refractivity contribution < 1.29 is 0 Å². The minimum atomic E-state index is -0.823. The van der Waals surface area contributed by atoms with Gasteiger partial charge in [0.05, 0.1) is 0 Å². The van der Waals surface area contributed by atoms with E-state index < -0.39 is 17.9 Å². The van der Waals surface area contributed by atoms with Gasteiger partial charge in [0.25, 0.3) is 0 Å². The van der Waals surface area contributed by atoms with E-state index in [1.807, 2.05) is 0 Å². The van der Waals surface area contributed by atoms with Gasteiger partial charge in [-0.05, 0) is 22.9 Å². The average Bonchev–Trinajstić information content (AvgIpc) is 2.33. The molecule has 0 aliphatic carbocycles. The van der Waals surface area contributed by atoms with E-state index in [-0.39, 0.29) is 0 Å². The average molecular weight is 302 g/mol. The first kappa shape index (κ1) is 19.4. The van der Waals surface area contributed by atoms with E-state index in [4.69, 9.17) is 0 Å². The van der Waals surface area contributed by atoms with E-state index in [0.717, 1.165) is 0 Å². The Morgan fingerprint density at radius 3 is 1.32 bits per heavy atom. The third kappa shape index (κ3) is 7.10. The summed E-state index contributed by atoms with van der Waals surface area (Å²) in [5.74, 6) is 0. The molecule has 0 aromatic heterocycles. The van der Waals surface area contributed by atoms with Gasteiger partial charge in [0, 0.05) is 0 Å². The molecule has 116 valence electrons. The summed E-state index contributed by atoms with van der Waals surface area (Å²) in [6, 6.07) is 0. The molecule has 0 aromatic carbocycles. The van der Waals surface area contributed by atoms with Gasteiger partial charge in [0.1, 0.15) is 17.9 Å². The lowest BCUT2D eigenvalue weighted by Crippen LogP contribution is -2.51. The molecule has 0 saturated carbocycles. The fourth-order valence-electron chi connectivity index (χ4n) is 2.52. The van der Waals surface area contributed by atoms with Crippen molar-refractivity contribution in [2.45, 2.75) is 103 Å². The molecule has 0 radical (unpaired) electrons. The molecule has 1 nitrogen and oxygen atoms in total. The highest BCUT2D eigenvalue weighted by atomic mass is 28.3. The van der Waals surface area contributed by atoms with Crippen molar-refractivity contribution in [3.05, 3.63) is 0 Å². The Morgan fingerprint density at radius 1 is 0.737 bits per heavy atom. The molecule has 0 amide bonds. The summed E-state index contributed by atoms with van der Waals surface area (Å²) in [5.41, 5.74) is 0. The second-order valence-corrected chi connectivity index (χ2v) is 15.1. The van der Waals surface area contributed by atoms with Gasteiger partial charge < -0.3 is 4.65 Å². The normalized spacial score (nSPS) is 16.4. The molecular formula is C16H39NSi2. The summed E-state index contributed by atoms with van der Waals surface area (Å²) in [7, 11) is -1.65. The van der Waals surface area contributed by atoms with Crippen molar-refractivity contribution in [3.8, 4) is 0 Å². The van der Waals surface area contributed by atoms with Gasteiger partial charge in [-0.1, -0.05) is 80.3 Å². The van der Waals surface area contributed by atoms with Crippen LogP contribution in [-0.2, 0) is 0 Å². The monoisotopic (exact) mass is 301 g/mol. The third-order valence-corrected chi connectivity index (χ3v) is 14.5.